The standard InChI is InChI=1S/C24H22ClNO3/c1-14-12-15-8-6-7-9-17(15)21(16-10-11-18(25)19(13-16)26-5)20(14)22(23(27)28)29-24(2,3)4/h6-13,22H,1-4H3,(H,27,28)/t22-/m0/s1. The molecule has 0 aromatic heterocycles. The second kappa shape index (κ2) is 7.87. The highest BCUT2D eigenvalue weighted by molar-refractivity contribution is 6.33. The number of carbonyl (C=O) groups is 1. The molecule has 1 atom stereocenters. The zero-order chi connectivity index (χ0) is 21.3. The van der Waals surface area contributed by atoms with Crippen molar-refractivity contribution in [3.05, 3.63) is 76.1 Å². The largest absolute Gasteiger partial charge is 0.479 e. The molecule has 0 spiro atoms. The molecule has 0 aliphatic rings. The molecule has 0 radical (unpaired) electrons. The van der Waals surface area contributed by atoms with Crippen LogP contribution in [0, 0.1) is 13.5 Å². The van der Waals surface area contributed by atoms with Gasteiger partial charge in [-0.1, -0.05) is 54.1 Å². The third-order valence-corrected chi connectivity index (χ3v) is 4.93. The second-order valence-corrected chi connectivity index (χ2v) is 8.34. The van der Waals surface area contributed by atoms with Crippen molar-refractivity contribution in [3.63, 3.8) is 0 Å². The lowest BCUT2D eigenvalue weighted by Gasteiger charge is -2.28. The van der Waals surface area contributed by atoms with E-state index in [9.17, 15) is 9.90 Å². The number of fused-ring (bicyclic) bond motifs is 1. The van der Waals surface area contributed by atoms with E-state index in [-0.39, 0.29) is 0 Å². The quantitative estimate of drug-likeness (QED) is 0.475. The summed E-state index contributed by atoms with van der Waals surface area (Å²) in [6, 6.07) is 15.0. The zero-order valence-electron chi connectivity index (χ0n) is 16.8. The van der Waals surface area contributed by atoms with Crippen LogP contribution in [0.15, 0.2) is 48.5 Å². The molecule has 4 nitrogen and oxygen atoms in total. The highest BCUT2D eigenvalue weighted by Gasteiger charge is 2.31. The minimum atomic E-state index is -1.15. The number of hydrogen-bond acceptors (Lipinski definition) is 2. The Bertz CT molecular complexity index is 1140. The summed E-state index contributed by atoms with van der Waals surface area (Å²) in [6.07, 6.45) is -1.15. The summed E-state index contributed by atoms with van der Waals surface area (Å²) in [5.74, 6) is -1.06. The van der Waals surface area contributed by atoms with Crippen LogP contribution in [0.5, 0.6) is 0 Å². The van der Waals surface area contributed by atoms with Crippen LogP contribution in [0.4, 0.5) is 5.69 Å². The second-order valence-electron chi connectivity index (χ2n) is 7.93. The lowest BCUT2D eigenvalue weighted by molar-refractivity contribution is -0.160. The minimum absolute atomic E-state index is 0.323. The Labute approximate surface area is 175 Å². The number of halogens is 1. The molecule has 148 valence electrons. The molecule has 5 heteroatoms. The molecule has 0 unspecified atom stereocenters. The summed E-state index contributed by atoms with van der Waals surface area (Å²) in [5.41, 5.74) is 2.56. The average molecular weight is 408 g/mol. The Hall–Kier alpha value is -2.87. The van der Waals surface area contributed by atoms with Crippen molar-refractivity contribution < 1.29 is 14.6 Å². The van der Waals surface area contributed by atoms with Crippen molar-refractivity contribution >= 4 is 34.0 Å². The SMILES string of the molecule is [C-]#[N+]c1cc(-c2c([C@H](OC(C)(C)C)C(=O)O)c(C)cc3ccccc23)ccc1Cl. The van der Waals surface area contributed by atoms with Gasteiger partial charge in [0, 0.05) is 10.6 Å². The van der Waals surface area contributed by atoms with E-state index in [4.69, 9.17) is 22.9 Å². The fraction of sp³-hybridized carbons (Fsp3) is 0.250. The first kappa shape index (κ1) is 20.9. The molecule has 0 bridgehead atoms. The van der Waals surface area contributed by atoms with Gasteiger partial charge < -0.3 is 9.84 Å². The predicted molar refractivity (Wildman–Crippen MR) is 117 cm³/mol. The van der Waals surface area contributed by atoms with Crippen molar-refractivity contribution in [3.8, 4) is 11.1 Å². The highest BCUT2D eigenvalue weighted by Crippen LogP contribution is 2.42. The molecule has 1 N–H and O–H groups in total. The van der Waals surface area contributed by atoms with Gasteiger partial charge in [0.05, 0.1) is 12.2 Å². The Morgan fingerprint density at radius 2 is 1.86 bits per heavy atom. The number of carboxylic acids is 1. The van der Waals surface area contributed by atoms with Gasteiger partial charge in [0.25, 0.3) is 0 Å². The van der Waals surface area contributed by atoms with E-state index in [1.807, 2.05) is 64.1 Å². The number of hydrogen-bond donors (Lipinski definition) is 1. The fourth-order valence-corrected chi connectivity index (χ4v) is 3.65. The monoisotopic (exact) mass is 407 g/mol. The Morgan fingerprint density at radius 3 is 2.48 bits per heavy atom. The number of nitrogens with zero attached hydrogens (tertiary/aromatic N) is 1. The van der Waals surface area contributed by atoms with Crippen molar-refractivity contribution in [1.82, 2.24) is 0 Å². The Morgan fingerprint density at radius 1 is 1.17 bits per heavy atom. The molecular formula is C24H22ClNO3. The summed E-state index contributed by atoms with van der Waals surface area (Å²) >= 11 is 6.14. The molecule has 0 aliphatic heterocycles. The lowest BCUT2D eigenvalue weighted by atomic mass is 9.87. The van der Waals surface area contributed by atoms with Gasteiger partial charge in [0.1, 0.15) is 0 Å². The van der Waals surface area contributed by atoms with Gasteiger partial charge in [0.2, 0.25) is 5.69 Å². The van der Waals surface area contributed by atoms with Gasteiger partial charge in [-0.2, -0.15) is 0 Å². The van der Waals surface area contributed by atoms with E-state index in [0.29, 0.717) is 16.3 Å². The van der Waals surface area contributed by atoms with Gasteiger partial charge in [-0.25, -0.2) is 9.64 Å². The first-order chi connectivity index (χ1) is 13.6. The molecule has 3 aromatic carbocycles. The van der Waals surface area contributed by atoms with Crippen LogP contribution in [0.25, 0.3) is 26.7 Å². The van der Waals surface area contributed by atoms with Crippen molar-refractivity contribution in [2.24, 2.45) is 0 Å². The first-order valence-corrected chi connectivity index (χ1v) is 9.60. The predicted octanol–water partition coefficient (Wildman–Crippen LogP) is 6.96. The molecular weight excluding hydrogens is 386 g/mol. The van der Waals surface area contributed by atoms with Crippen LogP contribution in [-0.4, -0.2) is 16.7 Å². The number of benzene rings is 3. The van der Waals surface area contributed by atoms with Crippen molar-refractivity contribution in [2.45, 2.75) is 39.4 Å². The lowest BCUT2D eigenvalue weighted by Crippen LogP contribution is -2.28. The maximum absolute atomic E-state index is 12.2. The van der Waals surface area contributed by atoms with Gasteiger partial charge in [-0.3, -0.25) is 0 Å². The third-order valence-electron chi connectivity index (χ3n) is 4.61. The summed E-state index contributed by atoms with van der Waals surface area (Å²) < 4.78 is 5.97. The first-order valence-electron chi connectivity index (χ1n) is 9.22. The van der Waals surface area contributed by atoms with E-state index in [2.05, 4.69) is 4.85 Å². The molecule has 0 aliphatic carbocycles. The van der Waals surface area contributed by atoms with E-state index in [0.717, 1.165) is 27.5 Å². The molecule has 0 fully saturated rings. The van der Waals surface area contributed by atoms with Gasteiger partial charge in [-0.15, -0.1) is 0 Å². The third kappa shape index (κ3) is 4.27. The smallest absolute Gasteiger partial charge is 0.337 e. The van der Waals surface area contributed by atoms with Crippen molar-refractivity contribution in [2.75, 3.05) is 0 Å². The van der Waals surface area contributed by atoms with Crippen LogP contribution in [0.3, 0.4) is 0 Å². The van der Waals surface area contributed by atoms with Crippen LogP contribution in [0.2, 0.25) is 5.02 Å². The molecule has 0 amide bonds. The Balaban J connectivity index is 2.42. The molecule has 3 aromatic rings. The van der Waals surface area contributed by atoms with Gasteiger partial charge in [-0.05, 0) is 61.2 Å². The number of carboxylic acid groups (broad SMARTS) is 1. The maximum atomic E-state index is 12.2. The summed E-state index contributed by atoms with van der Waals surface area (Å²) in [6.45, 7) is 14.8. The zero-order valence-corrected chi connectivity index (χ0v) is 17.5. The number of rotatable bonds is 4. The van der Waals surface area contributed by atoms with Crippen LogP contribution in [0.1, 0.15) is 38.0 Å². The van der Waals surface area contributed by atoms with Crippen molar-refractivity contribution in [1.29, 1.82) is 0 Å². The highest BCUT2D eigenvalue weighted by atomic mass is 35.5. The summed E-state index contributed by atoms with van der Waals surface area (Å²) in [5, 5.41) is 12.3. The van der Waals surface area contributed by atoms with E-state index in [1.54, 1.807) is 12.1 Å². The topological polar surface area (TPSA) is 50.9 Å². The minimum Gasteiger partial charge on any atom is -0.479 e. The summed E-state index contributed by atoms with van der Waals surface area (Å²) in [4.78, 5) is 15.7. The molecule has 29 heavy (non-hydrogen) atoms. The normalized spacial score (nSPS) is 12.6. The van der Waals surface area contributed by atoms with E-state index in [1.165, 1.54) is 0 Å². The summed E-state index contributed by atoms with van der Waals surface area (Å²) in [7, 11) is 0. The van der Waals surface area contributed by atoms with Gasteiger partial charge >= 0.3 is 5.97 Å². The molecule has 0 saturated heterocycles. The molecule has 0 saturated carbocycles. The molecule has 3 rings (SSSR count). The van der Waals surface area contributed by atoms with Crippen LogP contribution in [-0.2, 0) is 9.53 Å². The van der Waals surface area contributed by atoms with E-state index >= 15 is 0 Å². The fourth-order valence-electron chi connectivity index (χ4n) is 3.49. The van der Waals surface area contributed by atoms with Crippen LogP contribution < -0.4 is 0 Å². The number of ether oxygens (including phenoxy) is 1. The Kier molecular flexibility index (Phi) is 5.66. The number of aliphatic carboxylic acids is 1. The maximum Gasteiger partial charge on any atom is 0.337 e. The number of aryl methyl sites for hydroxylation is 1. The van der Waals surface area contributed by atoms with Gasteiger partial charge in [0.15, 0.2) is 6.10 Å². The average Bonchev–Trinajstić information content (AvgIpc) is 2.65. The molecule has 0 heterocycles. The van der Waals surface area contributed by atoms with E-state index < -0.39 is 17.7 Å². The van der Waals surface area contributed by atoms with Crippen LogP contribution >= 0.6 is 11.6 Å².